The Bertz CT molecular complexity index is 464. The second-order valence-corrected chi connectivity index (χ2v) is 3.39. The van der Waals surface area contributed by atoms with Gasteiger partial charge in [-0.2, -0.15) is 0 Å². The number of imide groups is 1. The highest BCUT2D eigenvalue weighted by Crippen LogP contribution is 2.30. The fourth-order valence-electron chi connectivity index (χ4n) is 1.31. The highest BCUT2D eigenvalue weighted by molar-refractivity contribution is 6.37. The average Bonchev–Trinajstić information content (AvgIpc) is 2.48. The number of rotatable bonds is 1. The molecule has 1 aliphatic rings. The summed E-state index contributed by atoms with van der Waals surface area (Å²) in [7, 11) is 0. The lowest BCUT2D eigenvalue weighted by Crippen LogP contribution is -2.29. The SMILES string of the molecule is O=C1C=CC(=O)N1c1ccc(O)cc1Cl. The molecule has 1 aromatic carbocycles. The molecule has 0 radical (unpaired) electrons. The molecule has 0 aromatic heterocycles. The summed E-state index contributed by atoms with van der Waals surface area (Å²) < 4.78 is 0. The van der Waals surface area contributed by atoms with Crippen LogP contribution in [0.4, 0.5) is 5.69 Å². The maximum atomic E-state index is 11.3. The maximum Gasteiger partial charge on any atom is 0.258 e. The van der Waals surface area contributed by atoms with Crippen molar-refractivity contribution in [3.63, 3.8) is 0 Å². The van der Waals surface area contributed by atoms with E-state index in [1.54, 1.807) is 0 Å². The average molecular weight is 224 g/mol. The van der Waals surface area contributed by atoms with Crippen molar-refractivity contribution in [1.29, 1.82) is 0 Å². The number of carbonyl (C=O) groups excluding carboxylic acids is 2. The molecule has 0 bridgehead atoms. The van der Waals surface area contributed by atoms with Gasteiger partial charge in [-0.05, 0) is 12.1 Å². The molecule has 0 saturated carbocycles. The zero-order valence-corrected chi connectivity index (χ0v) is 8.23. The van der Waals surface area contributed by atoms with Gasteiger partial charge in [0.1, 0.15) is 5.75 Å². The highest BCUT2D eigenvalue weighted by atomic mass is 35.5. The van der Waals surface area contributed by atoms with E-state index in [-0.39, 0.29) is 16.5 Å². The van der Waals surface area contributed by atoms with Gasteiger partial charge in [0, 0.05) is 18.2 Å². The van der Waals surface area contributed by atoms with Gasteiger partial charge >= 0.3 is 0 Å². The second-order valence-electron chi connectivity index (χ2n) is 2.98. The zero-order chi connectivity index (χ0) is 11.0. The van der Waals surface area contributed by atoms with Crippen molar-refractivity contribution < 1.29 is 14.7 Å². The Morgan fingerprint density at radius 3 is 2.27 bits per heavy atom. The summed E-state index contributed by atoms with van der Waals surface area (Å²) in [5.74, 6) is -0.893. The van der Waals surface area contributed by atoms with Gasteiger partial charge in [-0.1, -0.05) is 11.6 Å². The molecule has 0 unspecified atom stereocenters. The number of carbonyl (C=O) groups is 2. The standard InChI is InChI=1S/C10H6ClNO3/c11-7-5-6(13)1-2-8(7)12-9(14)3-4-10(12)15/h1-5,13H. The van der Waals surface area contributed by atoms with Crippen molar-refractivity contribution in [3.05, 3.63) is 35.4 Å². The predicted molar refractivity (Wildman–Crippen MR) is 54.7 cm³/mol. The third kappa shape index (κ3) is 1.59. The number of phenolic OH excluding ortho intramolecular Hbond substituents is 1. The Hall–Kier alpha value is -1.81. The van der Waals surface area contributed by atoms with Crippen molar-refractivity contribution in [1.82, 2.24) is 0 Å². The van der Waals surface area contributed by atoms with Crippen LogP contribution in [-0.4, -0.2) is 16.9 Å². The number of aromatic hydroxyl groups is 1. The monoisotopic (exact) mass is 223 g/mol. The summed E-state index contributed by atoms with van der Waals surface area (Å²) in [4.78, 5) is 23.6. The third-order valence-corrected chi connectivity index (χ3v) is 2.28. The van der Waals surface area contributed by atoms with E-state index in [2.05, 4.69) is 0 Å². The molecule has 0 aliphatic carbocycles. The van der Waals surface area contributed by atoms with Gasteiger partial charge in [-0.3, -0.25) is 9.59 Å². The van der Waals surface area contributed by atoms with E-state index in [4.69, 9.17) is 16.7 Å². The highest BCUT2D eigenvalue weighted by Gasteiger charge is 2.26. The van der Waals surface area contributed by atoms with Gasteiger partial charge in [-0.25, -0.2) is 4.90 Å². The first-order chi connectivity index (χ1) is 7.09. The molecule has 0 fully saturated rings. The number of hydrogen-bond acceptors (Lipinski definition) is 3. The van der Waals surface area contributed by atoms with Crippen LogP contribution in [0.1, 0.15) is 0 Å². The van der Waals surface area contributed by atoms with E-state index in [0.29, 0.717) is 0 Å². The van der Waals surface area contributed by atoms with Crippen LogP contribution in [0.25, 0.3) is 0 Å². The predicted octanol–water partition coefficient (Wildman–Crippen LogP) is 1.47. The molecular weight excluding hydrogens is 218 g/mol. The van der Waals surface area contributed by atoms with Gasteiger partial charge in [-0.15, -0.1) is 0 Å². The minimum absolute atomic E-state index is 0.0178. The summed E-state index contributed by atoms with van der Waals surface area (Å²) in [6.07, 6.45) is 2.34. The molecule has 0 saturated heterocycles. The summed E-state index contributed by atoms with van der Waals surface area (Å²) in [5.41, 5.74) is 0.273. The summed E-state index contributed by atoms with van der Waals surface area (Å²) in [5, 5.41) is 9.28. The molecule has 4 nitrogen and oxygen atoms in total. The molecule has 0 spiro atoms. The van der Waals surface area contributed by atoms with Crippen LogP contribution in [0, 0.1) is 0 Å². The first-order valence-electron chi connectivity index (χ1n) is 4.14. The van der Waals surface area contributed by atoms with Gasteiger partial charge in [0.25, 0.3) is 11.8 Å². The Morgan fingerprint density at radius 2 is 1.73 bits per heavy atom. The van der Waals surface area contributed by atoms with E-state index < -0.39 is 11.8 Å². The van der Waals surface area contributed by atoms with Crippen LogP contribution in [0.15, 0.2) is 30.4 Å². The molecule has 2 rings (SSSR count). The first-order valence-corrected chi connectivity index (χ1v) is 4.52. The normalized spacial score (nSPS) is 15.1. The van der Waals surface area contributed by atoms with Gasteiger partial charge in [0.05, 0.1) is 10.7 Å². The summed E-state index contributed by atoms with van der Waals surface area (Å²) in [6.45, 7) is 0. The number of nitrogens with zero attached hydrogens (tertiary/aromatic N) is 1. The second kappa shape index (κ2) is 3.40. The number of anilines is 1. The zero-order valence-electron chi connectivity index (χ0n) is 7.48. The van der Waals surface area contributed by atoms with E-state index in [9.17, 15) is 9.59 Å². The van der Waals surface area contributed by atoms with Crippen molar-refractivity contribution in [2.45, 2.75) is 0 Å². The lowest BCUT2D eigenvalue weighted by molar-refractivity contribution is -0.119. The van der Waals surface area contributed by atoms with Gasteiger partial charge in [0.2, 0.25) is 0 Å². The summed E-state index contributed by atoms with van der Waals surface area (Å²) >= 11 is 5.81. The molecular formula is C10H6ClNO3. The van der Waals surface area contributed by atoms with Crippen LogP contribution >= 0.6 is 11.6 Å². The fourth-order valence-corrected chi connectivity index (χ4v) is 1.57. The molecule has 1 aromatic rings. The van der Waals surface area contributed by atoms with E-state index in [1.165, 1.54) is 30.4 Å². The minimum Gasteiger partial charge on any atom is -0.508 e. The van der Waals surface area contributed by atoms with Crippen LogP contribution in [0.3, 0.4) is 0 Å². The van der Waals surface area contributed by atoms with Crippen molar-refractivity contribution in [3.8, 4) is 5.75 Å². The Kier molecular flexibility index (Phi) is 2.21. The molecule has 2 amide bonds. The quantitative estimate of drug-likeness (QED) is 0.734. The first kappa shape index (κ1) is 9.73. The largest absolute Gasteiger partial charge is 0.508 e. The molecule has 1 N–H and O–H groups in total. The Balaban J connectivity index is 2.46. The molecule has 1 heterocycles. The number of halogens is 1. The van der Waals surface area contributed by atoms with Crippen molar-refractivity contribution in [2.75, 3.05) is 4.90 Å². The van der Waals surface area contributed by atoms with Gasteiger partial charge < -0.3 is 5.11 Å². The lowest BCUT2D eigenvalue weighted by atomic mass is 10.2. The number of phenols is 1. The minimum atomic E-state index is -0.437. The number of amides is 2. The van der Waals surface area contributed by atoms with Crippen LogP contribution < -0.4 is 4.90 Å². The molecule has 5 heteroatoms. The topological polar surface area (TPSA) is 57.6 Å². The van der Waals surface area contributed by atoms with E-state index in [1.807, 2.05) is 0 Å². The smallest absolute Gasteiger partial charge is 0.258 e. The third-order valence-electron chi connectivity index (χ3n) is 1.98. The Labute approximate surface area is 90.4 Å². The van der Waals surface area contributed by atoms with Gasteiger partial charge in [0.15, 0.2) is 0 Å². The van der Waals surface area contributed by atoms with Crippen LogP contribution in [0.5, 0.6) is 5.75 Å². The lowest BCUT2D eigenvalue weighted by Gasteiger charge is -2.15. The molecule has 76 valence electrons. The van der Waals surface area contributed by atoms with Crippen molar-refractivity contribution >= 4 is 29.1 Å². The van der Waals surface area contributed by atoms with Crippen LogP contribution in [0.2, 0.25) is 5.02 Å². The maximum absolute atomic E-state index is 11.3. The number of benzene rings is 1. The van der Waals surface area contributed by atoms with E-state index >= 15 is 0 Å². The Morgan fingerprint density at radius 1 is 1.13 bits per heavy atom. The number of hydrogen-bond donors (Lipinski definition) is 1. The van der Waals surface area contributed by atoms with Crippen molar-refractivity contribution in [2.24, 2.45) is 0 Å². The molecule has 0 atom stereocenters. The summed E-state index contributed by atoms with van der Waals surface area (Å²) in [6, 6.07) is 4.05. The fraction of sp³-hybridized carbons (Fsp3) is 0. The van der Waals surface area contributed by atoms with E-state index in [0.717, 1.165) is 4.90 Å². The van der Waals surface area contributed by atoms with Crippen LogP contribution in [-0.2, 0) is 9.59 Å². The molecule has 15 heavy (non-hydrogen) atoms. The molecule has 1 aliphatic heterocycles.